The van der Waals surface area contributed by atoms with Crippen molar-refractivity contribution in [3.05, 3.63) is 34.2 Å². The molecule has 148 valence electrons. The van der Waals surface area contributed by atoms with Crippen LogP contribution < -0.4 is 16.6 Å². The van der Waals surface area contributed by atoms with Gasteiger partial charge >= 0.3 is 0 Å². The van der Waals surface area contributed by atoms with E-state index in [1.54, 1.807) is 12.1 Å². The third kappa shape index (κ3) is 3.38. The largest absolute Gasteiger partial charge is 0.354 e. The predicted octanol–water partition coefficient (Wildman–Crippen LogP) is 0.774. The van der Waals surface area contributed by atoms with Gasteiger partial charge in [0.1, 0.15) is 0 Å². The molecule has 1 saturated heterocycles. The second-order valence-corrected chi connectivity index (χ2v) is 8.08. The minimum Gasteiger partial charge on any atom is -0.354 e. The lowest BCUT2D eigenvalue weighted by Crippen LogP contribution is -2.63. The van der Waals surface area contributed by atoms with E-state index in [9.17, 15) is 14.4 Å². The highest BCUT2D eigenvalue weighted by Crippen LogP contribution is 2.42. The monoisotopic (exact) mass is 394 g/mol. The van der Waals surface area contributed by atoms with Crippen LogP contribution in [0.15, 0.2) is 23.0 Å². The Balaban J connectivity index is 0.00000210. The molecule has 0 radical (unpaired) electrons. The number of aromatic nitrogens is 1. The highest BCUT2D eigenvalue weighted by atomic mass is 35.5. The Morgan fingerprint density at radius 2 is 2.04 bits per heavy atom. The van der Waals surface area contributed by atoms with E-state index >= 15 is 0 Å². The molecule has 4 rings (SSSR count). The molecule has 2 fully saturated rings. The molecule has 27 heavy (non-hydrogen) atoms. The maximum atomic E-state index is 12.9. The fraction of sp³-hybridized carbons (Fsp3) is 0.632. The van der Waals surface area contributed by atoms with Gasteiger partial charge in [-0.05, 0) is 37.7 Å². The zero-order valence-corrected chi connectivity index (χ0v) is 16.3. The average molecular weight is 395 g/mol. The van der Waals surface area contributed by atoms with Crippen molar-refractivity contribution in [1.82, 2.24) is 14.8 Å². The first kappa shape index (κ1) is 19.9. The van der Waals surface area contributed by atoms with Gasteiger partial charge in [0.15, 0.2) is 0 Å². The van der Waals surface area contributed by atoms with Gasteiger partial charge in [-0.2, -0.15) is 0 Å². The molecule has 0 unspecified atom stereocenters. The quantitative estimate of drug-likeness (QED) is 0.791. The van der Waals surface area contributed by atoms with Crippen LogP contribution in [0.25, 0.3) is 0 Å². The molecule has 3 aliphatic rings. The number of carbonyl (C=O) groups excluding carboxylic acids is 2. The van der Waals surface area contributed by atoms with Gasteiger partial charge in [0, 0.05) is 44.2 Å². The number of rotatable bonds is 3. The van der Waals surface area contributed by atoms with E-state index in [0.29, 0.717) is 19.6 Å². The zero-order valence-electron chi connectivity index (χ0n) is 15.5. The van der Waals surface area contributed by atoms with E-state index in [0.717, 1.165) is 31.4 Å². The summed E-state index contributed by atoms with van der Waals surface area (Å²) < 4.78 is 1.83. The maximum Gasteiger partial charge on any atom is 0.251 e. The number of piperidine rings is 1. The molecule has 1 aliphatic carbocycles. The number of likely N-dealkylation sites (tertiary alicyclic amines) is 1. The number of nitrogens with one attached hydrogen (secondary N) is 1. The maximum absolute atomic E-state index is 12.9. The normalized spacial score (nSPS) is 27.6. The SMILES string of the molecule is CC(=O)NC[C@H]1[C@H]2C[C@H](CN(C(=O)C3(N)CCC3)C2)c2cccc(=O)n21.Cl. The van der Waals surface area contributed by atoms with Gasteiger partial charge in [-0.25, -0.2) is 0 Å². The number of carbonyl (C=O) groups is 2. The van der Waals surface area contributed by atoms with Gasteiger partial charge in [-0.3, -0.25) is 14.4 Å². The molecule has 1 saturated carbocycles. The van der Waals surface area contributed by atoms with Crippen LogP contribution in [0.2, 0.25) is 0 Å². The average Bonchev–Trinajstić information content (AvgIpc) is 2.59. The topological polar surface area (TPSA) is 97.4 Å². The van der Waals surface area contributed by atoms with Crippen molar-refractivity contribution >= 4 is 24.2 Å². The number of fused-ring (bicyclic) bond motifs is 4. The Labute approximate surface area is 164 Å². The van der Waals surface area contributed by atoms with Gasteiger partial charge in [0.05, 0.1) is 11.6 Å². The van der Waals surface area contributed by atoms with Gasteiger partial charge in [0.2, 0.25) is 11.8 Å². The molecule has 8 heteroatoms. The van der Waals surface area contributed by atoms with Crippen molar-refractivity contribution in [2.75, 3.05) is 19.6 Å². The van der Waals surface area contributed by atoms with Gasteiger partial charge in [-0.1, -0.05) is 6.07 Å². The summed E-state index contributed by atoms with van der Waals surface area (Å²) in [5.74, 6) is 0.213. The Morgan fingerprint density at radius 3 is 2.67 bits per heavy atom. The summed E-state index contributed by atoms with van der Waals surface area (Å²) in [6, 6.07) is 5.18. The summed E-state index contributed by atoms with van der Waals surface area (Å²) in [5.41, 5.74) is 6.50. The number of hydrogen-bond acceptors (Lipinski definition) is 4. The fourth-order valence-electron chi connectivity index (χ4n) is 4.81. The number of nitrogens with zero attached hydrogens (tertiary/aromatic N) is 2. The van der Waals surface area contributed by atoms with Crippen LogP contribution in [0.3, 0.4) is 0 Å². The van der Waals surface area contributed by atoms with Gasteiger partial charge in [-0.15, -0.1) is 12.4 Å². The molecule has 2 amide bonds. The molecule has 2 bridgehead atoms. The van der Waals surface area contributed by atoms with Crippen molar-refractivity contribution in [2.24, 2.45) is 11.7 Å². The Kier molecular flexibility index (Phi) is 5.36. The third-order valence-electron chi connectivity index (χ3n) is 6.32. The molecule has 3 heterocycles. The summed E-state index contributed by atoms with van der Waals surface area (Å²) in [6.45, 7) is 3.09. The molecule has 1 aromatic heterocycles. The van der Waals surface area contributed by atoms with Gasteiger partial charge < -0.3 is 20.5 Å². The highest BCUT2D eigenvalue weighted by Gasteiger charge is 2.47. The van der Waals surface area contributed by atoms with Crippen LogP contribution >= 0.6 is 12.4 Å². The minimum absolute atomic E-state index is 0. The predicted molar refractivity (Wildman–Crippen MR) is 104 cm³/mol. The van der Waals surface area contributed by atoms with Crippen molar-refractivity contribution in [1.29, 1.82) is 0 Å². The molecule has 1 aromatic rings. The van der Waals surface area contributed by atoms with Crippen molar-refractivity contribution in [3.8, 4) is 0 Å². The van der Waals surface area contributed by atoms with Crippen LogP contribution in [-0.4, -0.2) is 46.5 Å². The zero-order chi connectivity index (χ0) is 18.5. The number of halogens is 1. The molecule has 0 spiro atoms. The molecular weight excluding hydrogens is 368 g/mol. The standard InChI is InChI=1S/C19H26N4O3.ClH/c1-12(24)21-9-16-14-8-13(15-4-2-5-17(25)23(15)16)10-22(11-14)18(26)19(20)6-3-7-19;/h2,4-5,13-14,16H,3,6-11,20H2,1H3,(H,21,24);1H/t13-,14+,16+;/m1./s1. The summed E-state index contributed by atoms with van der Waals surface area (Å²) in [4.78, 5) is 38.8. The molecule has 7 nitrogen and oxygen atoms in total. The lowest BCUT2D eigenvalue weighted by molar-refractivity contribution is -0.143. The molecule has 3 atom stereocenters. The molecular formula is C19H27ClN4O3. The first-order valence-corrected chi connectivity index (χ1v) is 9.43. The molecule has 2 aliphatic heterocycles. The van der Waals surface area contributed by atoms with E-state index in [4.69, 9.17) is 5.73 Å². The summed E-state index contributed by atoms with van der Waals surface area (Å²) in [7, 11) is 0. The van der Waals surface area contributed by atoms with Crippen LogP contribution in [-0.2, 0) is 9.59 Å². The van der Waals surface area contributed by atoms with E-state index in [1.807, 2.05) is 15.5 Å². The number of pyridine rings is 1. The van der Waals surface area contributed by atoms with E-state index in [1.165, 1.54) is 6.92 Å². The van der Waals surface area contributed by atoms with Crippen LogP contribution in [0, 0.1) is 5.92 Å². The lowest BCUT2D eigenvalue weighted by atomic mass is 9.74. The second-order valence-electron chi connectivity index (χ2n) is 8.08. The number of amides is 2. The van der Waals surface area contributed by atoms with E-state index in [-0.39, 0.29) is 47.7 Å². The lowest BCUT2D eigenvalue weighted by Gasteiger charge is -2.49. The number of nitrogens with two attached hydrogens (primary N) is 1. The van der Waals surface area contributed by atoms with Crippen molar-refractivity contribution < 1.29 is 9.59 Å². The van der Waals surface area contributed by atoms with Crippen molar-refractivity contribution in [2.45, 2.75) is 50.1 Å². The summed E-state index contributed by atoms with van der Waals surface area (Å²) >= 11 is 0. The first-order chi connectivity index (χ1) is 12.4. The molecule has 3 N–H and O–H groups in total. The van der Waals surface area contributed by atoms with Crippen LogP contribution in [0.1, 0.15) is 50.3 Å². The molecule has 0 aromatic carbocycles. The summed E-state index contributed by atoms with van der Waals surface area (Å²) in [6.07, 6.45) is 3.44. The Hall–Kier alpha value is -1.86. The summed E-state index contributed by atoms with van der Waals surface area (Å²) in [5, 5.41) is 2.86. The first-order valence-electron chi connectivity index (χ1n) is 9.43. The van der Waals surface area contributed by atoms with Gasteiger partial charge in [0.25, 0.3) is 5.56 Å². The van der Waals surface area contributed by atoms with E-state index < -0.39 is 5.54 Å². The Morgan fingerprint density at radius 1 is 1.30 bits per heavy atom. The van der Waals surface area contributed by atoms with E-state index in [2.05, 4.69) is 5.32 Å². The smallest absolute Gasteiger partial charge is 0.251 e. The highest BCUT2D eigenvalue weighted by molar-refractivity contribution is 5.87. The third-order valence-corrected chi connectivity index (χ3v) is 6.32. The second kappa shape index (κ2) is 7.28. The number of hydrogen-bond donors (Lipinski definition) is 2. The van der Waals surface area contributed by atoms with Crippen LogP contribution in [0.4, 0.5) is 0 Å². The fourth-order valence-corrected chi connectivity index (χ4v) is 4.81. The van der Waals surface area contributed by atoms with Crippen molar-refractivity contribution in [3.63, 3.8) is 0 Å². The Bertz CT molecular complexity index is 804. The van der Waals surface area contributed by atoms with Crippen LogP contribution in [0.5, 0.6) is 0 Å². The minimum atomic E-state index is -0.699.